The van der Waals surface area contributed by atoms with Crippen LogP contribution in [-0.2, 0) is 18.4 Å². The number of hydrogen-bond donors (Lipinski definition) is 0. The number of carbonyl (C=O) groups is 1. The summed E-state index contributed by atoms with van der Waals surface area (Å²) >= 11 is 6.11. The van der Waals surface area contributed by atoms with Crippen molar-refractivity contribution < 1.29 is 9.18 Å². The Morgan fingerprint density at radius 3 is 2.72 bits per heavy atom. The van der Waals surface area contributed by atoms with E-state index >= 15 is 0 Å². The van der Waals surface area contributed by atoms with Crippen molar-refractivity contribution in [2.45, 2.75) is 39.3 Å². The van der Waals surface area contributed by atoms with Crippen LogP contribution < -0.4 is 0 Å². The van der Waals surface area contributed by atoms with Gasteiger partial charge in [0.25, 0.3) is 0 Å². The van der Waals surface area contributed by atoms with Crippen molar-refractivity contribution in [3.8, 4) is 0 Å². The molecule has 1 amide bonds. The molecule has 0 spiro atoms. The van der Waals surface area contributed by atoms with Gasteiger partial charge in [-0.1, -0.05) is 17.7 Å². The molecule has 3 rings (SSSR count). The fraction of sp³-hybridized carbons (Fsp3) is 0.368. The molecule has 1 aliphatic carbocycles. The Bertz CT molecular complexity index is 819. The second-order valence-electron chi connectivity index (χ2n) is 6.44. The maximum atomic E-state index is 14.1. The summed E-state index contributed by atoms with van der Waals surface area (Å²) in [5.41, 5.74) is 3.18. The SMILES string of the molecule is Cc1nn(C)c(C)c1/C=C\C(=O)N(Cc1c(F)cccc1Cl)C1CC1. The zero-order valence-corrected chi connectivity index (χ0v) is 15.3. The van der Waals surface area contributed by atoms with Gasteiger partial charge in [-0.15, -0.1) is 0 Å². The predicted molar refractivity (Wildman–Crippen MR) is 96.7 cm³/mol. The second-order valence-corrected chi connectivity index (χ2v) is 6.85. The van der Waals surface area contributed by atoms with Crippen LogP contribution in [0.25, 0.3) is 6.08 Å². The molecule has 0 aliphatic heterocycles. The third-order valence-electron chi connectivity index (χ3n) is 4.62. The molecule has 1 aromatic carbocycles. The summed E-state index contributed by atoms with van der Waals surface area (Å²) in [5, 5.41) is 4.69. The normalized spacial score (nSPS) is 14.3. The minimum Gasteiger partial charge on any atom is -0.332 e. The largest absolute Gasteiger partial charge is 0.332 e. The van der Waals surface area contributed by atoms with Crippen molar-refractivity contribution >= 4 is 23.6 Å². The molecular weight excluding hydrogens is 341 g/mol. The summed E-state index contributed by atoms with van der Waals surface area (Å²) in [6.45, 7) is 4.06. The van der Waals surface area contributed by atoms with Crippen LogP contribution in [0, 0.1) is 19.7 Å². The molecule has 1 heterocycles. The quantitative estimate of drug-likeness (QED) is 0.754. The van der Waals surface area contributed by atoms with Gasteiger partial charge in [-0.2, -0.15) is 5.10 Å². The van der Waals surface area contributed by atoms with Crippen molar-refractivity contribution in [2.75, 3.05) is 0 Å². The van der Waals surface area contributed by atoms with Crippen LogP contribution in [0.5, 0.6) is 0 Å². The molecule has 0 bridgehead atoms. The first-order chi connectivity index (χ1) is 11.9. The highest BCUT2D eigenvalue weighted by molar-refractivity contribution is 6.31. The number of hydrogen-bond acceptors (Lipinski definition) is 2. The van der Waals surface area contributed by atoms with Gasteiger partial charge in [-0.3, -0.25) is 9.48 Å². The molecule has 2 aromatic rings. The van der Waals surface area contributed by atoms with E-state index in [1.54, 1.807) is 33.9 Å². The minimum atomic E-state index is -0.381. The van der Waals surface area contributed by atoms with Gasteiger partial charge in [0.2, 0.25) is 5.91 Å². The number of nitrogens with zero attached hydrogens (tertiary/aromatic N) is 3. The summed E-state index contributed by atoms with van der Waals surface area (Å²) in [6, 6.07) is 4.74. The summed E-state index contributed by atoms with van der Waals surface area (Å²) in [6.07, 6.45) is 5.22. The lowest BCUT2D eigenvalue weighted by Crippen LogP contribution is -2.31. The smallest absolute Gasteiger partial charge is 0.247 e. The molecule has 4 nitrogen and oxygen atoms in total. The van der Waals surface area contributed by atoms with Crippen LogP contribution in [0.15, 0.2) is 24.3 Å². The van der Waals surface area contributed by atoms with Gasteiger partial charge in [-0.25, -0.2) is 4.39 Å². The van der Waals surface area contributed by atoms with Gasteiger partial charge in [0, 0.05) is 41.0 Å². The summed E-state index contributed by atoms with van der Waals surface area (Å²) in [7, 11) is 1.87. The minimum absolute atomic E-state index is 0.135. The van der Waals surface area contributed by atoms with E-state index in [0.29, 0.717) is 10.6 Å². The molecule has 1 aliphatic rings. The van der Waals surface area contributed by atoms with Crippen molar-refractivity contribution in [3.63, 3.8) is 0 Å². The van der Waals surface area contributed by atoms with Crippen LogP contribution in [0.2, 0.25) is 5.02 Å². The molecule has 0 radical (unpaired) electrons. The summed E-state index contributed by atoms with van der Waals surface area (Å²) in [5.74, 6) is -0.515. The van der Waals surface area contributed by atoms with Crippen molar-refractivity contribution in [2.24, 2.45) is 7.05 Å². The van der Waals surface area contributed by atoms with Gasteiger partial charge in [-0.05, 0) is 44.9 Å². The number of halogens is 2. The van der Waals surface area contributed by atoms with E-state index in [0.717, 1.165) is 29.8 Å². The van der Waals surface area contributed by atoms with Gasteiger partial charge < -0.3 is 4.90 Å². The maximum absolute atomic E-state index is 14.1. The molecule has 25 heavy (non-hydrogen) atoms. The highest BCUT2D eigenvalue weighted by Crippen LogP contribution is 2.31. The van der Waals surface area contributed by atoms with Crippen LogP contribution >= 0.6 is 11.6 Å². The fourth-order valence-corrected chi connectivity index (χ4v) is 3.13. The van der Waals surface area contributed by atoms with E-state index in [1.165, 1.54) is 6.07 Å². The van der Waals surface area contributed by atoms with Gasteiger partial charge >= 0.3 is 0 Å². The van der Waals surface area contributed by atoms with Crippen molar-refractivity contribution in [1.82, 2.24) is 14.7 Å². The number of rotatable bonds is 5. The molecule has 0 N–H and O–H groups in total. The van der Waals surface area contributed by atoms with E-state index in [9.17, 15) is 9.18 Å². The molecule has 1 aromatic heterocycles. The average molecular weight is 362 g/mol. The second kappa shape index (κ2) is 7.00. The Hall–Kier alpha value is -2.14. The molecule has 1 fully saturated rings. The zero-order chi connectivity index (χ0) is 18.1. The van der Waals surface area contributed by atoms with Crippen LogP contribution in [0.3, 0.4) is 0 Å². The van der Waals surface area contributed by atoms with Crippen LogP contribution in [0.4, 0.5) is 4.39 Å². The van der Waals surface area contributed by atoms with E-state index in [2.05, 4.69) is 5.10 Å². The van der Waals surface area contributed by atoms with E-state index in [-0.39, 0.29) is 24.3 Å². The van der Waals surface area contributed by atoms with E-state index in [4.69, 9.17) is 11.6 Å². The fourth-order valence-electron chi connectivity index (χ4n) is 2.91. The first kappa shape index (κ1) is 17.7. The Labute approximate surface area is 151 Å². The first-order valence-electron chi connectivity index (χ1n) is 8.30. The number of aromatic nitrogens is 2. The lowest BCUT2D eigenvalue weighted by Gasteiger charge is -2.22. The predicted octanol–water partition coefficient (Wildman–Crippen LogP) is 4.03. The highest BCUT2D eigenvalue weighted by Gasteiger charge is 2.32. The Kier molecular flexibility index (Phi) is 4.95. The topological polar surface area (TPSA) is 38.1 Å². The van der Waals surface area contributed by atoms with Crippen molar-refractivity contribution in [3.05, 3.63) is 57.6 Å². The zero-order valence-electron chi connectivity index (χ0n) is 14.6. The molecule has 1 saturated carbocycles. The van der Waals surface area contributed by atoms with E-state index < -0.39 is 0 Å². The summed E-state index contributed by atoms with van der Waals surface area (Å²) < 4.78 is 15.9. The number of aryl methyl sites for hydroxylation is 2. The molecule has 6 heteroatoms. The number of benzene rings is 1. The molecule has 0 saturated heterocycles. The van der Waals surface area contributed by atoms with Crippen LogP contribution in [0.1, 0.15) is 35.4 Å². The van der Waals surface area contributed by atoms with Gasteiger partial charge in [0.15, 0.2) is 0 Å². The molecule has 132 valence electrons. The highest BCUT2D eigenvalue weighted by atomic mass is 35.5. The molecule has 0 atom stereocenters. The summed E-state index contributed by atoms with van der Waals surface area (Å²) in [4.78, 5) is 14.4. The average Bonchev–Trinajstić information content (AvgIpc) is 3.35. The third kappa shape index (κ3) is 3.76. The first-order valence-corrected chi connectivity index (χ1v) is 8.68. The lowest BCUT2D eigenvalue weighted by molar-refractivity contribution is -0.127. The number of amides is 1. The van der Waals surface area contributed by atoms with Crippen LogP contribution in [-0.4, -0.2) is 26.6 Å². The molecular formula is C19H21ClFN3O. The Balaban J connectivity index is 1.81. The van der Waals surface area contributed by atoms with Gasteiger partial charge in [0.05, 0.1) is 12.2 Å². The van der Waals surface area contributed by atoms with Gasteiger partial charge in [0.1, 0.15) is 5.82 Å². The number of carbonyl (C=O) groups excluding carboxylic acids is 1. The maximum Gasteiger partial charge on any atom is 0.247 e. The lowest BCUT2D eigenvalue weighted by atomic mass is 10.1. The third-order valence-corrected chi connectivity index (χ3v) is 4.97. The Morgan fingerprint density at radius 2 is 2.16 bits per heavy atom. The Morgan fingerprint density at radius 1 is 1.44 bits per heavy atom. The monoisotopic (exact) mass is 361 g/mol. The molecule has 0 unspecified atom stereocenters. The van der Waals surface area contributed by atoms with E-state index in [1.807, 2.05) is 20.9 Å². The standard InChI is InChI=1S/C19H21ClFN3O/c1-12-15(13(2)23(3)22-12)9-10-19(25)24(14-7-8-14)11-16-17(20)5-4-6-18(16)21/h4-6,9-10,14H,7-8,11H2,1-3H3/b10-9-. The van der Waals surface area contributed by atoms with Crippen molar-refractivity contribution in [1.29, 1.82) is 0 Å².